The Morgan fingerprint density at radius 3 is 2.14 bits per heavy atom. The molecule has 3 amide bonds. The molecule has 0 saturated carbocycles. The number of amides is 3. The van der Waals surface area contributed by atoms with Crippen molar-refractivity contribution >= 4 is 75.2 Å². The van der Waals surface area contributed by atoms with E-state index in [1.54, 1.807) is 24.5 Å². The fourth-order valence-corrected chi connectivity index (χ4v) is 6.01. The first kappa shape index (κ1) is 26.9. The van der Waals surface area contributed by atoms with E-state index in [1.807, 2.05) is 0 Å². The van der Waals surface area contributed by atoms with Crippen molar-refractivity contribution in [1.82, 2.24) is 5.32 Å². The minimum atomic E-state index is -1.10. The third-order valence-corrected chi connectivity index (χ3v) is 7.84. The first-order chi connectivity index (χ1) is 17.2. The number of halogens is 4. The molecule has 0 radical (unpaired) electrons. The van der Waals surface area contributed by atoms with Crippen LogP contribution in [0, 0.1) is 0 Å². The fourth-order valence-electron chi connectivity index (χ4n) is 4.05. The van der Waals surface area contributed by atoms with Crippen molar-refractivity contribution < 1.29 is 18.9 Å². The summed E-state index contributed by atoms with van der Waals surface area (Å²) in [6, 6.07) is 10.2. The Balaban J connectivity index is 1.52. The molecule has 0 fully saturated rings. The van der Waals surface area contributed by atoms with Crippen LogP contribution in [0.4, 0.5) is 10.5 Å². The highest BCUT2D eigenvalue weighted by atomic mass is 35.5. The zero-order valence-electron chi connectivity index (χ0n) is 18.9. The Labute approximate surface area is 231 Å². The van der Waals surface area contributed by atoms with Crippen LogP contribution in [0.3, 0.4) is 0 Å². The first-order valence-electron chi connectivity index (χ1n) is 10.9. The van der Waals surface area contributed by atoms with Crippen LogP contribution in [-0.4, -0.2) is 22.7 Å². The van der Waals surface area contributed by atoms with Crippen molar-refractivity contribution in [1.29, 1.82) is 0 Å². The van der Waals surface area contributed by atoms with Gasteiger partial charge in [-0.3, -0.25) is 10.1 Å². The van der Waals surface area contributed by atoms with Crippen LogP contribution in [-0.2, 0) is 24.0 Å². The van der Waals surface area contributed by atoms with Gasteiger partial charge in [0.05, 0.1) is 25.7 Å². The molecule has 2 N–H and O–H groups in total. The highest BCUT2D eigenvalue weighted by Crippen LogP contribution is 2.42. The minimum absolute atomic E-state index is 0.0166. The molecule has 1 unspecified atom stereocenters. The molecule has 188 valence electrons. The summed E-state index contributed by atoms with van der Waals surface area (Å²) < 4.78 is 18.3. The van der Waals surface area contributed by atoms with Crippen LogP contribution in [0.1, 0.15) is 34.3 Å². The summed E-state index contributed by atoms with van der Waals surface area (Å²) in [6.45, 7) is 0. The third-order valence-electron chi connectivity index (χ3n) is 5.64. The Morgan fingerprint density at radius 1 is 0.917 bits per heavy atom. The number of hydrogen-bond acceptors (Lipinski definition) is 4. The zero-order chi connectivity index (χ0) is 26.0. The van der Waals surface area contributed by atoms with E-state index in [9.17, 15) is 14.1 Å². The Kier molecular flexibility index (Phi) is 8.60. The lowest BCUT2D eigenvalue weighted by molar-refractivity contribution is 0.0967. The molecule has 0 aromatic heterocycles. The maximum atomic E-state index is 12.4. The number of carbonyl (C=O) groups is 2. The Hall–Kier alpha value is -2.13. The highest BCUT2D eigenvalue weighted by molar-refractivity contribution is 7.90. The SMILES string of the molecule is C[S+]([O-])c1ccc(Oc2c(Cl)cc(NC(=O)NC(=O)c3c(Cl)cccc3Cl)cc2Cl)c2c1CCCC2. The predicted octanol–water partition coefficient (Wildman–Crippen LogP) is 7.67. The molecule has 1 aliphatic rings. The van der Waals surface area contributed by atoms with Crippen LogP contribution in [0.25, 0.3) is 0 Å². The molecular formula is C25H20Cl4N2O4S. The van der Waals surface area contributed by atoms with E-state index in [0.29, 0.717) is 5.75 Å². The third kappa shape index (κ3) is 5.88. The van der Waals surface area contributed by atoms with E-state index < -0.39 is 23.1 Å². The monoisotopic (exact) mass is 584 g/mol. The van der Waals surface area contributed by atoms with E-state index in [0.717, 1.165) is 41.7 Å². The molecule has 0 saturated heterocycles. The predicted molar refractivity (Wildman–Crippen MR) is 145 cm³/mol. The molecule has 0 heterocycles. The van der Waals surface area contributed by atoms with Gasteiger partial charge in [-0.25, -0.2) is 4.79 Å². The van der Waals surface area contributed by atoms with Crippen LogP contribution in [0.2, 0.25) is 20.1 Å². The number of fused-ring (bicyclic) bond motifs is 1. The quantitative estimate of drug-likeness (QED) is 0.300. The molecule has 36 heavy (non-hydrogen) atoms. The van der Waals surface area contributed by atoms with Gasteiger partial charge in [0, 0.05) is 16.8 Å². The summed E-state index contributed by atoms with van der Waals surface area (Å²) in [5, 5.41) is 5.22. The second-order valence-electron chi connectivity index (χ2n) is 8.06. The summed E-state index contributed by atoms with van der Waals surface area (Å²) in [6.07, 6.45) is 5.32. The summed E-state index contributed by atoms with van der Waals surface area (Å²) >= 11 is 23.8. The van der Waals surface area contributed by atoms with E-state index in [1.165, 1.54) is 24.3 Å². The molecular weight excluding hydrogens is 566 g/mol. The Morgan fingerprint density at radius 2 is 1.53 bits per heavy atom. The van der Waals surface area contributed by atoms with Crippen molar-refractivity contribution in [2.75, 3.05) is 11.6 Å². The number of hydrogen-bond donors (Lipinski definition) is 2. The van der Waals surface area contributed by atoms with Crippen LogP contribution < -0.4 is 15.4 Å². The molecule has 6 nitrogen and oxygen atoms in total. The molecule has 1 aliphatic carbocycles. The smallest absolute Gasteiger partial charge is 0.326 e. The number of ether oxygens (including phenoxy) is 1. The normalized spacial score (nSPS) is 13.5. The Bertz CT molecular complexity index is 1310. The van der Waals surface area contributed by atoms with Crippen LogP contribution in [0.15, 0.2) is 47.4 Å². The van der Waals surface area contributed by atoms with E-state index in [-0.39, 0.29) is 37.1 Å². The van der Waals surface area contributed by atoms with Gasteiger partial charge in [0.15, 0.2) is 10.6 Å². The van der Waals surface area contributed by atoms with Crippen molar-refractivity contribution in [2.24, 2.45) is 0 Å². The van der Waals surface area contributed by atoms with Gasteiger partial charge in [0.25, 0.3) is 5.91 Å². The van der Waals surface area contributed by atoms with Gasteiger partial charge in [-0.05, 0) is 73.3 Å². The summed E-state index contributed by atoms with van der Waals surface area (Å²) in [7, 11) is 0. The van der Waals surface area contributed by atoms with Gasteiger partial charge in [-0.15, -0.1) is 0 Å². The topological polar surface area (TPSA) is 90.5 Å². The van der Waals surface area contributed by atoms with Crippen LogP contribution >= 0.6 is 46.4 Å². The molecule has 3 aromatic rings. The van der Waals surface area contributed by atoms with E-state index in [4.69, 9.17) is 51.1 Å². The largest absolute Gasteiger partial charge is 0.612 e. The van der Waals surface area contributed by atoms with Crippen molar-refractivity contribution in [3.8, 4) is 11.5 Å². The molecule has 0 spiro atoms. The first-order valence-corrected chi connectivity index (χ1v) is 13.9. The van der Waals surface area contributed by atoms with E-state index in [2.05, 4.69) is 10.6 Å². The average Bonchev–Trinajstić information content (AvgIpc) is 2.81. The van der Waals surface area contributed by atoms with Gasteiger partial charge in [-0.2, -0.15) is 0 Å². The second kappa shape index (κ2) is 11.5. The molecule has 11 heteroatoms. The van der Waals surface area contributed by atoms with E-state index >= 15 is 0 Å². The number of benzene rings is 3. The molecule has 1 atom stereocenters. The van der Waals surface area contributed by atoms with Crippen molar-refractivity contribution in [3.63, 3.8) is 0 Å². The number of imide groups is 1. The lowest BCUT2D eigenvalue weighted by Crippen LogP contribution is -2.34. The summed E-state index contributed by atoms with van der Waals surface area (Å²) in [4.78, 5) is 25.6. The summed E-state index contributed by atoms with van der Waals surface area (Å²) in [5.41, 5.74) is 2.27. The molecule has 3 aromatic carbocycles. The standard InChI is InChI=1S/C25H20Cl4N2O4S/c1-36(34)21-10-9-20(14-5-2-3-6-15(14)21)35-23-18(28)11-13(12-19(23)29)30-25(33)31-24(32)22-16(26)7-4-8-17(22)27/h4,7-12H,2-3,5-6H2,1H3,(H2,30,31,32,33). The number of carbonyl (C=O) groups excluding carboxylic acids is 2. The number of nitrogens with one attached hydrogen (secondary N) is 2. The van der Waals surface area contributed by atoms with Crippen LogP contribution in [0.5, 0.6) is 11.5 Å². The van der Waals surface area contributed by atoms with Gasteiger partial charge in [0.2, 0.25) is 0 Å². The zero-order valence-corrected chi connectivity index (χ0v) is 22.8. The van der Waals surface area contributed by atoms with Gasteiger partial charge in [-0.1, -0.05) is 52.5 Å². The lowest BCUT2D eigenvalue weighted by Gasteiger charge is -2.22. The van der Waals surface area contributed by atoms with Gasteiger partial charge >= 0.3 is 6.03 Å². The molecule has 4 rings (SSSR count). The summed E-state index contributed by atoms with van der Waals surface area (Å²) in [5.74, 6) is 0.0613. The maximum absolute atomic E-state index is 12.4. The van der Waals surface area contributed by atoms with Crippen molar-refractivity contribution in [3.05, 3.63) is 79.2 Å². The van der Waals surface area contributed by atoms with Gasteiger partial charge < -0.3 is 14.6 Å². The minimum Gasteiger partial charge on any atom is -0.612 e. The highest BCUT2D eigenvalue weighted by Gasteiger charge is 2.24. The number of anilines is 1. The number of urea groups is 1. The average molecular weight is 586 g/mol. The number of rotatable bonds is 5. The second-order valence-corrected chi connectivity index (χ2v) is 11.0. The fraction of sp³-hybridized carbons (Fsp3) is 0.200. The van der Waals surface area contributed by atoms with Crippen molar-refractivity contribution in [2.45, 2.75) is 30.6 Å². The molecule has 0 bridgehead atoms. The van der Waals surface area contributed by atoms with Gasteiger partial charge in [0.1, 0.15) is 12.0 Å². The maximum Gasteiger partial charge on any atom is 0.326 e. The molecule has 0 aliphatic heterocycles. The lowest BCUT2D eigenvalue weighted by atomic mass is 9.91.